The fourth-order valence-electron chi connectivity index (χ4n) is 7.21. The molecule has 0 spiro atoms. The SMILES string of the molecule is CC/C=C\C/C=C\C/C=C\C/C=C\C/C=C\CCCC(=O)OC(COCCCCCCCCCCCCCCCCCCCCCCCCCCCC)COP(=O)(O)OCCN. The minimum absolute atomic E-state index is 0.0902. The van der Waals surface area contributed by atoms with Gasteiger partial charge in [0.1, 0.15) is 6.10 Å². The smallest absolute Gasteiger partial charge is 0.457 e. The first kappa shape index (κ1) is 60.2. The molecule has 0 fully saturated rings. The largest absolute Gasteiger partial charge is 0.472 e. The number of hydrogen-bond acceptors (Lipinski definition) is 7. The van der Waals surface area contributed by atoms with Gasteiger partial charge in [0.05, 0.1) is 19.8 Å². The number of esters is 1. The second kappa shape index (κ2) is 50.2. The Morgan fingerprint density at radius 3 is 1.29 bits per heavy atom. The third-order valence-electron chi connectivity index (χ3n) is 10.9. The van der Waals surface area contributed by atoms with Crippen molar-refractivity contribution in [3.8, 4) is 0 Å². The number of phosphoric ester groups is 1. The van der Waals surface area contributed by atoms with E-state index in [4.69, 9.17) is 24.3 Å². The molecule has 0 rings (SSSR count). The van der Waals surface area contributed by atoms with Crippen LogP contribution in [-0.4, -0.2) is 49.9 Å². The van der Waals surface area contributed by atoms with Gasteiger partial charge in [0, 0.05) is 19.6 Å². The summed E-state index contributed by atoms with van der Waals surface area (Å²) in [6.45, 7) is 4.76. The van der Waals surface area contributed by atoms with Gasteiger partial charge in [-0.05, 0) is 51.4 Å². The van der Waals surface area contributed by atoms with E-state index < -0.39 is 13.9 Å². The van der Waals surface area contributed by atoms with Gasteiger partial charge < -0.3 is 20.1 Å². The van der Waals surface area contributed by atoms with E-state index in [2.05, 4.69) is 74.6 Å². The monoisotopic (exact) mass is 892 g/mol. The Kier molecular flexibility index (Phi) is 48.7. The number of nitrogens with two attached hydrogens (primary N) is 1. The highest BCUT2D eigenvalue weighted by Crippen LogP contribution is 2.43. The van der Waals surface area contributed by atoms with Crippen LogP contribution in [0.1, 0.15) is 232 Å². The molecule has 8 nitrogen and oxygen atoms in total. The molecule has 0 heterocycles. The molecule has 2 atom stereocenters. The molecule has 62 heavy (non-hydrogen) atoms. The molecule has 2 unspecified atom stereocenters. The molecule has 0 radical (unpaired) electrons. The molecule has 0 aliphatic rings. The van der Waals surface area contributed by atoms with E-state index in [-0.39, 0.29) is 38.8 Å². The molecule has 3 N–H and O–H groups in total. The van der Waals surface area contributed by atoms with Gasteiger partial charge in [-0.3, -0.25) is 13.8 Å². The predicted octanol–water partition coefficient (Wildman–Crippen LogP) is 16.1. The maximum absolute atomic E-state index is 12.6. The molecular weight excluding hydrogens is 794 g/mol. The average molecular weight is 892 g/mol. The number of carbonyl (C=O) groups is 1. The fourth-order valence-corrected chi connectivity index (χ4v) is 7.98. The third kappa shape index (κ3) is 49.2. The lowest BCUT2D eigenvalue weighted by Gasteiger charge is -2.20. The van der Waals surface area contributed by atoms with E-state index in [0.29, 0.717) is 13.0 Å². The number of unbranched alkanes of at least 4 members (excludes halogenated alkanes) is 26. The van der Waals surface area contributed by atoms with Crippen molar-refractivity contribution in [2.45, 2.75) is 238 Å². The zero-order valence-electron chi connectivity index (χ0n) is 40.3. The number of rotatable bonds is 49. The summed E-state index contributed by atoms with van der Waals surface area (Å²) in [7, 11) is -4.30. The summed E-state index contributed by atoms with van der Waals surface area (Å²) < 4.78 is 33.5. The van der Waals surface area contributed by atoms with Gasteiger partial charge in [-0.25, -0.2) is 4.57 Å². The molecular formula is C53H98NO7P. The second-order valence-corrected chi connectivity index (χ2v) is 18.5. The highest BCUT2D eigenvalue weighted by molar-refractivity contribution is 7.47. The Morgan fingerprint density at radius 1 is 0.500 bits per heavy atom. The predicted molar refractivity (Wildman–Crippen MR) is 266 cm³/mol. The summed E-state index contributed by atoms with van der Waals surface area (Å²) >= 11 is 0. The quantitative estimate of drug-likeness (QED) is 0.0268. The molecule has 0 aromatic heterocycles. The van der Waals surface area contributed by atoms with Gasteiger partial charge in [0.15, 0.2) is 0 Å². The summed E-state index contributed by atoms with van der Waals surface area (Å²) in [6.07, 6.45) is 62.8. The van der Waals surface area contributed by atoms with Crippen molar-refractivity contribution in [2.24, 2.45) is 5.73 Å². The van der Waals surface area contributed by atoms with Crippen molar-refractivity contribution in [1.29, 1.82) is 0 Å². The minimum Gasteiger partial charge on any atom is -0.457 e. The van der Waals surface area contributed by atoms with Gasteiger partial charge in [-0.15, -0.1) is 0 Å². The van der Waals surface area contributed by atoms with Gasteiger partial charge in [0.2, 0.25) is 0 Å². The molecule has 362 valence electrons. The number of hydrogen-bond donors (Lipinski definition) is 2. The summed E-state index contributed by atoms with van der Waals surface area (Å²) in [5, 5.41) is 0. The van der Waals surface area contributed by atoms with Crippen LogP contribution in [0, 0.1) is 0 Å². The van der Waals surface area contributed by atoms with E-state index in [9.17, 15) is 14.3 Å². The lowest BCUT2D eigenvalue weighted by Crippen LogP contribution is -2.28. The van der Waals surface area contributed by atoms with Crippen LogP contribution in [0.2, 0.25) is 0 Å². The van der Waals surface area contributed by atoms with Crippen LogP contribution in [-0.2, 0) is 27.9 Å². The first-order valence-electron chi connectivity index (χ1n) is 25.8. The lowest BCUT2D eigenvalue weighted by molar-refractivity contribution is -0.154. The van der Waals surface area contributed by atoms with E-state index >= 15 is 0 Å². The summed E-state index contributed by atoms with van der Waals surface area (Å²) in [4.78, 5) is 22.5. The van der Waals surface area contributed by atoms with Crippen LogP contribution < -0.4 is 5.73 Å². The topological polar surface area (TPSA) is 117 Å². The first-order valence-corrected chi connectivity index (χ1v) is 27.3. The average Bonchev–Trinajstić information content (AvgIpc) is 3.26. The Balaban J connectivity index is 3.93. The van der Waals surface area contributed by atoms with E-state index in [0.717, 1.165) is 51.4 Å². The number of ether oxygens (including phenoxy) is 2. The van der Waals surface area contributed by atoms with E-state index in [1.807, 2.05) is 0 Å². The molecule has 0 aliphatic carbocycles. The van der Waals surface area contributed by atoms with Crippen LogP contribution in [0.25, 0.3) is 0 Å². The number of carbonyl (C=O) groups excluding carboxylic acids is 1. The standard InChI is InChI=1S/C53H98NO7P/c1-3-5-7-9-11-13-15-17-19-21-22-23-24-25-26-27-28-29-31-33-35-37-39-41-43-45-48-58-50-52(51-60-62(56,57)59-49-47-54)61-53(55)46-44-42-40-38-36-34-32-30-20-18-16-14-12-10-8-6-4-2/h6,8,12,14,18,20,32,34,38,40,52H,3-5,7,9-11,13,15-17,19,21-31,33,35-37,39,41-51,54H2,1-2H3,(H,56,57)/b8-6-,14-12-,20-18-,34-32-,40-38-. The van der Waals surface area contributed by atoms with Crippen molar-refractivity contribution >= 4 is 13.8 Å². The van der Waals surface area contributed by atoms with Crippen LogP contribution >= 0.6 is 7.82 Å². The molecule has 0 aromatic rings. The maximum Gasteiger partial charge on any atom is 0.472 e. The maximum atomic E-state index is 12.6. The fraction of sp³-hybridized carbons (Fsp3) is 0.792. The zero-order chi connectivity index (χ0) is 45.1. The van der Waals surface area contributed by atoms with Gasteiger partial charge >= 0.3 is 13.8 Å². The molecule has 0 aromatic carbocycles. The van der Waals surface area contributed by atoms with Gasteiger partial charge in [-0.2, -0.15) is 0 Å². The second-order valence-electron chi connectivity index (χ2n) is 17.0. The van der Waals surface area contributed by atoms with E-state index in [1.54, 1.807) is 0 Å². The Hall–Kier alpha value is -1.80. The normalized spacial score (nSPS) is 13.8. The third-order valence-corrected chi connectivity index (χ3v) is 11.9. The molecule has 0 amide bonds. The van der Waals surface area contributed by atoms with Crippen LogP contribution in [0.4, 0.5) is 0 Å². The summed E-state index contributed by atoms with van der Waals surface area (Å²) in [5.74, 6) is -0.384. The van der Waals surface area contributed by atoms with Crippen molar-refractivity contribution in [3.05, 3.63) is 60.8 Å². The molecule has 0 saturated heterocycles. The summed E-state index contributed by atoms with van der Waals surface area (Å²) in [6, 6.07) is 0. The van der Waals surface area contributed by atoms with Crippen LogP contribution in [0.15, 0.2) is 60.8 Å². The lowest BCUT2D eigenvalue weighted by atomic mass is 10.0. The molecule has 9 heteroatoms. The number of allylic oxidation sites excluding steroid dienone is 10. The zero-order valence-corrected chi connectivity index (χ0v) is 41.2. The highest BCUT2D eigenvalue weighted by atomic mass is 31.2. The Bertz CT molecular complexity index is 1140. The Morgan fingerprint density at radius 2 is 0.887 bits per heavy atom. The first-order chi connectivity index (χ1) is 30.4. The van der Waals surface area contributed by atoms with Crippen molar-refractivity contribution in [1.82, 2.24) is 0 Å². The molecule has 0 saturated carbocycles. The minimum atomic E-state index is -4.30. The van der Waals surface area contributed by atoms with Crippen LogP contribution in [0.3, 0.4) is 0 Å². The summed E-state index contributed by atoms with van der Waals surface area (Å²) in [5.41, 5.74) is 5.38. The van der Waals surface area contributed by atoms with Crippen molar-refractivity contribution < 1.29 is 32.8 Å². The van der Waals surface area contributed by atoms with Crippen molar-refractivity contribution in [3.63, 3.8) is 0 Å². The highest BCUT2D eigenvalue weighted by Gasteiger charge is 2.25. The van der Waals surface area contributed by atoms with Gasteiger partial charge in [-0.1, -0.05) is 235 Å². The molecule has 0 aliphatic heterocycles. The Labute approximate surface area is 383 Å². The van der Waals surface area contributed by atoms with Gasteiger partial charge in [0.25, 0.3) is 0 Å². The molecule has 0 bridgehead atoms. The van der Waals surface area contributed by atoms with Crippen molar-refractivity contribution in [2.75, 3.05) is 33.0 Å². The van der Waals surface area contributed by atoms with E-state index in [1.165, 1.54) is 154 Å². The number of phosphoric acid groups is 1. The van der Waals surface area contributed by atoms with Crippen LogP contribution in [0.5, 0.6) is 0 Å².